The standard InChI is InChI=1S/C15H12BrN3/c1-10-14(13-4-2-3-9-17-13)15(19-18-10)11-5-7-12(16)8-6-11/h2-9H,1H3,(H,18,19). The van der Waals surface area contributed by atoms with Crippen molar-refractivity contribution in [3.8, 4) is 22.5 Å². The lowest BCUT2D eigenvalue weighted by molar-refractivity contribution is 1.05. The summed E-state index contributed by atoms with van der Waals surface area (Å²) in [5.41, 5.74) is 5.03. The first-order valence-corrected chi connectivity index (χ1v) is 6.77. The van der Waals surface area contributed by atoms with E-state index in [0.29, 0.717) is 0 Å². The molecule has 0 aliphatic rings. The molecule has 0 radical (unpaired) electrons. The van der Waals surface area contributed by atoms with Crippen molar-refractivity contribution < 1.29 is 0 Å². The van der Waals surface area contributed by atoms with Gasteiger partial charge in [0.25, 0.3) is 0 Å². The molecule has 3 aromatic rings. The number of nitrogens with one attached hydrogen (secondary N) is 1. The summed E-state index contributed by atoms with van der Waals surface area (Å²) in [6, 6.07) is 14.0. The summed E-state index contributed by atoms with van der Waals surface area (Å²) in [5, 5.41) is 7.46. The summed E-state index contributed by atoms with van der Waals surface area (Å²) in [6.45, 7) is 2.01. The Bertz CT molecular complexity index is 687. The minimum absolute atomic E-state index is 0.934. The Morgan fingerprint density at radius 3 is 2.53 bits per heavy atom. The Morgan fingerprint density at radius 1 is 1.05 bits per heavy atom. The van der Waals surface area contributed by atoms with E-state index in [9.17, 15) is 0 Å². The lowest BCUT2D eigenvalue weighted by Crippen LogP contribution is -1.86. The Hall–Kier alpha value is -1.94. The zero-order chi connectivity index (χ0) is 13.2. The summed E-state index contributed by atoms with van der Waals surface area (Å²) in [5.74, 6) is 0. The van der Waals surface area contributed by atoms with Crippen LogP contribution < -0.4 is 0 Å². The first-order chi connectivity index (χ1) is 9.25. The van der Waals surface area contributed by atoms with Crippen LogP contribution in [0.25, 0.3) is 22.5 Å². The number of halogens is 1. The molecule has 0 saturated heterocycles. The first kappa shape index (κ1) is 12.1. The predicted octanol–water partition coefficient (Wildman–Crippen LogP) is 4.21. The van der Waals surface area contributed by atoms with Crippen LogP contribution in [-0.4, -0.2) is 15.2 Å². The van der Waals surface area contributed by atoms with E-state index in [2.05, 4.69) is 31.1 Å². The Balaban J connectivity index is 2.16. The number of hydrogen-bond donors (Lipinski definition) is 1. The summed E-state index contributed by atoms with van der Waals surface area (Å²) < 4.78 is 1.06. The van der Waals surface area contributed by atoms with E-state index in [4.69, 9.17) is 0 Å². The van der Waals surface area contributed by atoms with Crippen LogP contribution in [0.1, 0.15) is 5.69 Å². The van der Waals surface area contributed by atoms with E-state index < -0.39 is 0 Å². The number of aromatic nitrogens is 3. The molecule has 94 valence electrons. The largest absolute Gasteiger partial charge is 0.282 e. The second-order valence-electron chi connectivity index (χ2n) is 4.29. The molecular formula is C15H12BrN3. The SMILES string of the molecule is Cc1[nH]nc(-c2ccc(Br)cc2)c1-c1ccccn1. The fraction of sp³-hybridized carbons (Fsp3) is 0.0667. The molecule has 1 N–H and O–H groups in total. The van der Waals surface area contributed by atoms with Gasteiger partial charge in [-0.15, -0.1) is 0 Å². The molecule has 1 aromatic carbocycles. The average molecular weight is 314 g/mol. The average Bonchev–Trinajstić information content (AvgIpc) is 2.82. The lowest BCUT2D eigenvalue weighted by Gasteiger charge is -2.03. The monoisotopic (exact) mass is 313 g/mol. The van der Waals surface area contributed by atoms with E-state index in [1.807, 2.05) is 49.4 Å². The van der Waals surface area contributed by atoms with Gasteiger partial charge in [0.1, 0.15) is 5.69 Å². The molecule has 0 saturated carbocycles. The van der Waals surface area contributed by atoms with Crippen LogP contribution in [0, 0.1) is 6.92 Å². The van der Waals surface area contributed by atoms with Gasteiger partial charge in [-0.25, -0.2) is 0 Å². The van der Waals surface area contributed by atoms with Gasteiger partial charge in [0.15, 0.2) is 0 Å². The summed E-state index contributed by atoms with van der Waals surface area (Å²) >= 11 is 3.45. The Morgan fingerprint density at radius 2 is 1.84 bits per heavy atom. The quantitative estimate of drug-likeness (QED) is 0.770. The lowest BCUT2D eigenvalue weighted by atomic mass is 10.0. The van der Waals surface area contributed by atoms with E-state index in [1.165, 1.54) is 0 Å². The second-order valence-corrected chi connectivity index (χ2v) is 5.21. The van der Waals surface area contributed by atoms with Crippen molar-refractivity contribution in [1.82, 2.24) is 15.2 Å². The molecule has 2 aromatic heterocycles. The maximum absolute atomic E-state index is 4.42. The van der Waals surface area contributed by atoms with Crippen molar-refractivity contribution in [2.75, 3.05) is 0 Å². The molecule has 2 heterocycles. The van der Waals surface area contributed by atoms with Crippen LogP contribution in [0.5, 0.6) is 0 Å². The highest BCUT2D eigenvalue weighted by atomic mass is 79.9. The Kier molecular flexibility index (Phi) is 3.17. The number of aromatic amines is 1. The molecule has 0 unspecified atom stereocenters. The number of rotatable bonds is 2. The fourth-order valence-electron chi connectivity index (χ4n) is 2.07. The minimum atomic E-state index is 0.934. The smallest absolute Gasteiger partial charge is 0.102 e. The molecule has 0 fully saturated rings. The van der Waals surface area contributed by atoms with E-state index in [-0.39, 0.29) is 0 Å². The molecule has 0 spiro atoms. The van der Waals surface area contributed by atoms with Crippen LogP contribution in [0.2, 0.25) is 0 Å². The maximum Gasteiger partial charge on any atom is 0.102 e. The van der Waals surface area contributed by atoms with Crippen molar-refractivity contribution in [3.63, 3.8) is 0 Å². The second kappa shape index (κ2) is 4.97. The van der Waals surface area contributed by atoms with Gasteiger partial charge in [-0.2, -0.15) is 5.10 Å². The summed E-state index contributed by atoms with van der Waals surface area (Å²) in [6.07, 6.45) is 1.80. The predicted molar refractivity (Wildman–Crippen MR) is 79.7 cm³/mol. The zero-order valence-electron chi connectivity index (χ0n) is 10.4. The molecule has 0 atom stereocenters. The molecule has 0 amide bonds. The summed E-state index contributed by atoms with van der Waals surface area (Å²) in [4.78, 5) is 4.42. The van der Waals surface area contributed by atoms with Crippen molar-refractivity contribution in [2.24, 2.45) is 0 Å². The third kappa shape index (κ3) is 2.31. The van der Waals surface area contributed by atoms with Crippen molar-refractivity contribution in [2.45, 2.75) is 6.92 Å². The maximum atomic E-state index is 4.42. The van der Waals surface area contributed by atoms with Gasteiger partial charge in [0, 0.05) is 27.5 Å². The molecule has 3 nitrogen and oxygen atoms in total. The van der Waals surface area contributed by atoms with Gasteiger partial charge in [0.05, 0.1) is 5.69 Å². The van der Waals surface area contributed by atoms with Crippen molar-refractivity contribution in [3.05, 3.63) is 58.8 Å². The molecule has 19 heavy (non-hydrogen) atoms. The fourth-order valence-corrected chi connectivity index (χ4v) is 2.33. The number of nitrogens with zero attached hydrogens (tertiary/aromatic N) is 2. The van der Waals surface area contributed by atoms with Crippen molar-refractivity contribution >= 4 is 15.9 Å². The van der Waals surface area contributed by atoms with Crippen LogP contribution in [0.3, 0.4) is 0 Å². The van der Waals surface area contributed by atoms with Gasteiger partial charge in [-0.05, 0) is 31.2 Å². The number of pyridine rings is 1. The van der Waals surface area contributed by atoms with Gasteiger partial charge < -0.3 is 0 Å². The number of benzene rings is 1. The highest BCUT2D eigenvalue weighted by Gasteiger charge is 2.14. The van der Waals surface area contributed by atoms with Crippen LogP contribution >= 0.6 is 15.9 Å². The highest BCUT2D eigenvalue weighted by Crippen LogP contribution is 2.32. The zero-order valence-corrected chi connectivity index (χ0v) is 12.0. The first-order valence-electron chi connectivity index (χ1n) is 5.98. The van der Waals surface area contributed by atoms with Crippen LogP contribution in [0.15, 0.2) is 53.1 Å². The number of aryl methyl sites for hydroxylation is 1. The third-order valence-corrected chi connectivity index (χ3v) is 3.51. The van der Waals surface area contributed by atoms with Gasteiger partial charge in [-0.1, -0.05) is 34.1 Å². The highest BCUT2D eigenvalue weighted by molar-refractivity contribution is 9.10. The van der Waals surface area contributed by atoms with Gasteiger partial charge in [-0.3, -0.25) is 10.1 Å². The topological polar surface area (TPSA) is 41.6 Å². The third-order valence-electron chi connectivity index (χ3n) is 2.99. The van der Waals surface area contributed by atoms with E-state index in [1.54, 1.807) is 6.20 Å². The van der Waals surface area contributed by atoms with Gasteiger partial charge in [0.2, 0.25) is 0 Å². The molecule has 0 aliphatic heterocycles. The summed E-state index contributed by atoms with van der Waals surface area (Å²) in [7, 11) is 0. The minimum Gasteiger partial charge on any atom is -0.282 e. The Labute approximate surface area is 119 Å². The normalized spacial score (nSPS) is 10.6. The molecule has 3 rings (SSSR count). The number of hydrogen-bond acceptors (Lipinski definition) is 2. The van der Waals surface area contributed by atoms with Crippen LogP contribution in [0.4, 0.5) is 0 Å². The van der Waals surface area contributed by atoms with E-state index in [0.717, 1.165) is 32.7 Å². The van der Waals surface area contributed by atoms with E-state index >= 15 is 0 Å². The van der Waals surface area contributed by atoms with Crippen LogP contribution in [-0.2, 0) is 0 Å². The molecule has 0 aliphatic carbocycles. The molecule has 0 bridgehead atoms. The number of H-pyrrole nitrogens is 1. The molecular weight excluding hydrogens is 302 g/mol. The molecule has 4 heteroatoms. The van der Waals surface area contributed by atoms with Crippen molar-refractivity contribution in [1.29, 1.82) is 0 Å². The van der Waals surface area contributed by atoms with Gasteiger partial charge >= 0.3 is 0 Å².